The van der Waals surface area contributed by atoms with Gasteiger partial charge in [-0.25, -0.2) is 0 Å². The molecule has 0 bridgehead atoms. The second-order valence-electron chi connectivity index (χ2n) is 8.25. The summed E-state index contributed by atoms with van der Waals surface area (Å²) in [6.07, 6.45) is 0.800. The third kappa shape index (κ3) is 7.14. The lowest BCUT2D eigenvalue weighted by atomic mass is 10.0. The van der Waals surface area contributed by atoms with Crippen molar-refractivity contribution < 1.29 is 14.3 Å². The van der Waals surface area contributed by atoms with Crippen LogP contribution >= 0.6 is 23.2 Å². The molecular formula is C25H32Cl2N2O3. The van der Waals surface area contributed by atoms with E-state index in [1.807, 2.05) is 38.1 Å². The monoisotopic (exact) mass is 478 g/mol. The molecule has 0 heterocycles. The molecule has 2 amide bonds. The molecule has 0 aliphatic heterocycles. The Morgan fingerprint density at radius 1 is 1.03 bits per heavy atom. The highest BCUT2D eigenvalue weighted by molar-refractivity contribution is 6.42. The van der Waals surface area contributed by atoms with Gasteiger partial charge in [0.2, 0.25) is 5.91 Å². The molecule has 2 aromatic carbocycles. The first-order valence-corrected chi connectivity index (χ1v) is 11.6. The van der Waals surface area contributed by atoms with E-state index < -0.39 is 6.04 Å². The molecule has 0 saturated carbocycles. The minimum atomic E-state index is -0.685. The van der Waals surface area contributed by atoms with E-state index in [0.717, 1.165) is 17.5 Å². The van der Waals surface area contributed by atoms with Crippen molar-refractivity contribution in [2.45, 2.75) is 65.6 Å². The fraction of sp³-hybridized carbons (Fsp3) is 0.440. The van der Waals surface area contributed by atoms with E-state index >= 15 is 0 Å². The van der Waals surface area contributed by atoms with Crippen molar-refractivity contribution >= 4 is 35.0 Å². The van der Waals surface area contributed by atoms with Gasteiger partial charge in [0.05, 0.1) is 10.0 Å². The Balaban J connectivity index is 2.23. The number of nitrogens with zero attached hydrogens (tertiary/aromatic N) is 1. The lowest BCUT2D eigenvalue weighted by molar-refractivity contribution is -0.142. The molecule has 0 radical (unpaired) electrons. The van der Waals surface area contributed by atoms with Gasteiger partial charge < -0.3 is 15.0 Å². The number of amides is 2. The number of hydrogen-bond acceptors (Lipinski definition) is 3. The Hall–Kier alpha value is -2.24. The molecule has 7 heteroatoms. The maximum absolute atomic E-state index is 13.2. The summed E-state index contributed by atoms with van der Waals surface area (Å²) in [5.74, 6) is 0.424. The fourth-order valence-electron chi connectivity index (χ4n) is 3.19. The molecule has 0 saturated heterocycles. The predicted octanol–water partition coefficient (Wildman–Crippen LogP) is 5.83. The first-order chi connectivity index (χ1) is 15.1. The number of para-hydroxylation sites is 1. The number of hydrogen-bond donors (Lipinski definition) is 1. The van der Waals surface area contributed by atoms with Gasteiger partial charge in [-0.2, -0.15) is 0 Å². The summed E-state index contributed by atoms with van der Waals surface area (Å²) in [6.45, 7) is 9.82. The summed E-state index contributed by atoms with van der Waals surface area (Å²) in [6, 6.07) is 12.2. The summed E-state index contributed by atoms with van der Waals surface area (Å²) >= 11 is 12.2. The van der Waals surface area contributed by atoms with Gasteiger partial charge in [0.15, 0.2) is 6.61 Å². The Labute approximate surface area is 201 Å². The second kappa shape index (κ2) is 12.1. The van der Waals surface area contributed by atoms with Gasteiger partial charge in [-0.05, 0) is 55.5 Å². The number of nitrogens with one attached hydrogen (secondary N) is 1. The molecule has 2 atom stereocenters. The SMILES string of the molecule is CC[C@H](C)NC(=O)[C@H](C)N(Cc1ccc(Cl)c(Cl)c1)C(=O)COc1ccccc1C(C)C. The average molecular weight is 479 g/mol. The summed E-state index contributed by atoms with van der Waals surface area (Å²) in [5, 5.41) is 3.78. The van der Waals surface area contributed by atoms with Crippen LogP contribution in [0.4, 0.5) is 0 Å². The van der Waals surface area contributed by atoms with Crippen molar-refractivity contribution in [1.82, 2.24) is 10.2 Å². The van der Waals surface area contributed by atoms with Gasteiger partial charge in [0.25, 0.3) is 5.91 Å². The summed E-state index contributed by atoms with van der Waals surface area (Å²) in [7, 11) is 0. The molecule has 2 aromatic rings. The number of halogens is 2. The van der Waals surface area contributed by atoms with Gasteiger partial charge >= 0.3 is 0 Å². The van der Waals surface area contributed by atoms with Crippen LogP contribution in [-0.2, 0) is 16.1 Å². The Kier molecular flexibility index (Phi) is 9.85. The standard InChI is InChI=1S/C25H32Cl2N2O3/c1-6-17(4)28-25(31)18(5)29(14-19-11-12-21(26)22(27)13-19)24(30)15-32-23-10-8-7-9-20(23)16(2)3/h7-13,16-18H,6,14-15H2,1-5H3,(H,28,31)/t17-,18-/m0/s1. The van der Waals surface area contributed by atoms with Gasteiger partial charge in [0.1, 0.15) is 11.8 Å². The number of benzene rings is 2. The molecule has 0 unspecified atom stereocenters. The highest BCUT2D eigenvalue weighted by Gasteiger charge is 2.27. The topological polar surface area (TPSA) is 58.6 Å². The molecular weight excluding hydrogens is 447 g/mol. The third-order valence-corrected chi connectivity index (χ3v) is 6.14. The van der Waals surface area contributed by atoms with Crippen LogP contribution in [0.3, 0.4) is 0 Å². The van der Waals surface area contributed by atoms with Gasteiger partial charge in [0, 0.05) is 12.6 Å². The fourth-order valence-corrected chi connectivity index (χ4v) is 3.51. The minimum Gasteiger partial charge on any atom is -0.483 e. The molecule has 0 aliphatic rings. The first kappa shape index (κ1) is 26.0. The van der Waals surface area contributed by atoms with Crippen molar-refractivity contribution in [3.05, 3.63) is 63.6 Å². The van der Waals surface area contributed by atoms with Gasteiger partial charge in [-0.15, -0.1) is 0 Å². The maximum atomic E-state index is 13.2. The van der Waals surface area contributed by atoms with E-state index in [1.165, 1.54) is 4.90 Å². The van der Waals surface area contributed by atoms with Gasteiger partial charge in [-0.1, -0.05) is 68.2 Å². The first-order valence-electron chi connectivity index (χ1n) is 10.9. The highest BCUT2D eigenvalue weighted by Crippen LogP contribution is 2.26. The average Bonchev–Trinajstić information content (AvgIpc) is 2.77. The van der Waals surface area contributed by atoms with Crippen molar-refractivity contribution in [2.24, 2.45) is 0 Å². The molecule has 0 spiro atoms. The Morgan fingerprint density at radius 3 is 2.34 bits per heavy atom. The lowest BCUT2D eigenvalue weighted by Gasteiger charge is -2.30. The van der Waals surface area contributed by atoms with E-state index in [0.29, 0.717) is 15.8 Å². The van der Waals surface area contributed by atoms with E-state index in [4.69, 9.17) is 27.9 Å². The van der Waals surface area contributed by atoms with E-state index in [9.17, 15) is 9.59 Å². The normalized spacial score (nSPS) is 12.9. The van der Waals surface area contributed by atoms with Crippen LogP contribution < -0.4 is 10.1 Å². The van der Waals surface area contributed by atoms with Crippen LogP contribution in [0.1, 0.15) is 58.1 Å². The third-order valence-electron chi connectivity index (χ3n) is 5.40. The van der Waals surface area contributed by atoms with E-state index in [2.05, 4.69) is 19.2 Å². The number of carbonyl (C=O) groups excluding carboxylic acids is 2. The summed E-state index contributed by atoms with van der Waals surface area (Å²) in [4.78, 5) is 27.5. The Morgan fingerprint density at radius 2 is 1.72 bits per heavy atom. The smallest absolute Gasteiger partial charge is 0.261 e. The summed E-state index contributed by atoms with van der Waals surface area (Å²) < 4.78 is 5.88. The van der Waals surface area contributed by atoms with Crippen LogP contribution in [0.25, 0.3) is 0 Å². The highest BCUT2D eigenvalue weighted by atomic mass is 35.5. The quantitative estimate of drug-likeness (QED) is 0.467. The minimum absolute atomic E-state index is 0.0149. The van der Waals surface area contributed by atoms with Crippen molar-refractivity contribution in [2.75, 3.05) is 6.61 Å². The predicted molar refractivity (Wildman–Crippen MR) is 130 cm³/mol. The maximum Gasteiger partial charge on any atom is 0.261 e. The molecule has 2 rings (SSSR count). The van der Waals surface area contributed by atoms with Crippen LogP contribution in [0.2, 0.25) is 10.0 Å². The number of carbonyl (C=O) groups is 2. The largest absolute Gasteiger partial charge is 0.483 e. The molecule has 5 nitrogen and oxygen atoms in total. The molecule has 1 N–H and O–H groups in total. The van der Waals surface area contributed by atoms with Crippen molar-refractivity contribution in [1.29, 1.82) is 0 Å². The van der Waals surface area contributed by atoms with Crippen molar-refractivity contribution in [3.8, 4) is 5.75 Å². The van der Waals surface area contributed by atoms with E-state index in [-0.39, 0.29) is 36.9 Å². The van der Waals surface area contributed by atoms with Crippen LogP contribution in [0.15, 0.2) is 42.5 Å². The zero-order chi connectivity index (χ0) is 23.8. The summed E-state index contributed by atoms with van der Waals surface area (Å²) in [5.41, 5.74) is 1.80. The Bertz CT molecular complexity index is 933. The van der Waals surface area contributed by atoms with Crippen LogP contribution in [0, 0.1) is 0 Å². The molecule has 0 fully saturated rings. The number of ether oxygens (including phenoxy) is 1. The van der Waals surface area contributed by atoms with Crippen LogP contribution in [-0.4, -0.2) is 35.4 Å². The second-order valence-corrected chi connectivity index (χ2v) is 9.06. The molecule has 174 valence electrons. The van der Waals surface area contributed by atoms with Crippen LogP contribution in [0.5, 0.6) is 5.75 Å². The number of rotatable bonds is 10. The van der Waals surface area contributed by atoms with Crippen molar-refractivity contribution in [3.63, 3.8) is 0 Å². The molecule has 0 aromatic heterocycles. The lowest BCUT2D eigenvalue weighted by Crippen LogP contribution is -2.50. The van der Waals surface area contributed by atoms with Gasteiger partial charge in [-0.3, -0.25) is 9.59 Å². The zero-order valence-electron chi connectivity index (χ0n) is 19.3. The zero-order valence-corrected chi connectivity index (χ0v) is 20.8. The molecule has 0 aliphatic carbocycles. The van der Waals surface area contributed by atoms with E-state index in [1.54, 1.807) is 25.1 Å². The molecule has 32 heavy (non-hydrogen) atoms.